The highest BCUT2D eigenvalue weighted by atomic mass is 35.5. The summed E-state index contributed by atoms with van der Waals surface area (Å²) in [5, 5.41) is 12.4. The predicted molar refractivity (Wildman–Crippen MR) is 81.0 cm³/mol. The van der Waals surface area contributed by atoms with Crippen LogP contribution in [0.15, 0.2) is 24.3 Å². The third-order valence-electron chi connectivity index (χ3n) is 4.10. The van der Waals surface area contributed by atoms with Crippen molar-refractivity contribution in [2.75, 3.05) is 12.4 Å². The maximum absolute atomic E-state index is 11.9. The zero-order chi connectivity index (χ0) is 14.4. The number of rotatable bonds is 5. The molecule has 0 saturated heterocycles. The fraction of sp³-hybridized carbons (Fsp3) is 0.562. The lowest BCUT2D eigenvalue weighted by Crippen LogP contribution is -2.35. The Balaban J connectivity index is 1.79. The van der Waals surface area contributed by atoms with Crippen LogP contribution < -0.4 is 5.32 Å². The van der Waals surface area contributed by atoms with E-state index in [1.807, 2.05) is 6.07 Å². The summed E-state index contributed by atoms with van der Waals surface area (Å²) in [5.74, 6) is 1.94. The van der Waals surface area contributed by atoms with Crippen molar-refractivity contribution in [3.8, 4) is 5.75 Å². The van der Waals surface area contributed by atoms with Crippen LogP contribution in [0.25, 0.3) is 0 Å². The third-order valence-corrected chi connectivity index (χ3v) is 4.50. The fourth-order valence-corrected chi connectivity index (χ4v) is 3.32. The molecule has 1 fully saturated rings. The fourth-order valence-electron chi connectivity index (χ4n) is 2.92. The Kier molecular flexibility index (Phi) is 5.72. The molecule has 0 spiro atoms. The normalized spacial score (nSPS) is 22.4. The maximum Gasteiger partial charge on any atom is 0.224 e. The summed E-state index contributed by atoms with van der Waals surface area (Å²) in [6.07, 6.45) is 5.14. The SMILES string of the molecule is O=C(Cc1cccc(O)c1)NCC1CCCCC1CCl. The Morgan fingerprint density at radius 2 is 2.05 bits per heavy atom. The van der Waals surface area contributed by atoms with Crippen LogP contribution in [0.2, 0.25) is 0 Å². The quantitative estimate of drug-likeness (QED) is 0.820. The lowest BCUT2D eigenvalue weighted by atomic mass is 9.80. The van der Waals surface area contributed by atoms with E-state index in [1.165, 1.54) is 19.3 Å². The number of hydrogen-bond acceptors (Lipinski definition) is 2. The van der Waals surface area contributed by atoms with Crippen LogP contribution in [0, 0.1) is 11.8 Å². The zero-order valence-corrected chi connectivity index (χ0v) is 12.4. The molecule has 0 aromatic heterocycles. The molecule has 20 heavy (non-hydrogen) atoms. The van der Waals surface area contributed by atoms with Crippen molar-refractivity contribution < 1.29 is 9.90 Å². The first kappa shape index (κ1) is 15.2. The number of aromatic hydroxyl groups is 1. The van der Waals surface area contributed by atoms with Crippen LogP contribution in [0.4, 0.5) is 0 Å². The zero-order valence-electron chi connectivity index (χ0n) is 11.6. The molecule has 110 valence electrons. The summed E-state index contributed by atoms with van der Waals surface area (Å²) < 4.78 is 0. The summed E-state index contributed by atoms with van der Waals surface area (Å²) in [4.78, 5) is 11.9. The maximum atomic E-state index is 11.9. The summed E-state index contributed by atoms with van der Waals surface area (Å²) in [6, 6.07) is 6.83. The van der Waals surface area contributed by atoms with E-state index in [0.717, 1.165) is 18.5 Å². The number of amides is 1. The average molecular weight is 296 g/mol. The van der Waals surface area contributed by atoms with E-state index in [0.29, 0.717) is 24.1 Å². The number of carbonyl (C=O) groups excluding carboxylic acids is 1. The number of benzene rings is 1. The average Bonchev–Trinajstić information content (AvgIpc) is 2.45. The first-order valence-electron chi connectivity index (χ1n) is 7.29. The van der Waals surface area contributed by atoms with Gasteiger partial charge in [-0.25, -0.2) is 0 Å². The summed E-state index contributed by atoms with van der Waals surface area (Å²) in [7, 11) is 0. The third kappa shape index (κ3) is 4.41. The Labute approximate surface area is 125 Å². The largest absolute Gasteiger partial charge is 0.508 e. The molecule has 1 aromatic carbocycles. The first-order chi connectivity index (χ1) is 9.69. The molecule has 0 aliphatic heterocycles. The lowest BCUT2D eigenvalue weighted by Gasteiger charge is -2.30. The highest BCUT2D eigenvalue weighted by Crippen LogP contribution is 2.30. The smallest absolute Gasteiger partial charge is 0.224 e. The molecule has 2 N–H and O–H groups in total. The molecule has 1 saturated carbocycles. The van der Waals surface area contributed by atoms with Crippen LogP contribution in [-0.4, -0.2) is 23.4 Å². The van der Waals surface area contributed by atoms with Crippen molar-refractivity contribution in [1.82, 2.24) is 5.32 Å². The summed E-state index contributed by atoms with van der Waals surface area (Å²) >= 11 is 6.00. The topological polar surface area (TPSA) is 49.3 Å². The van der Waals surface area contributed by atoms with Gasteiger partial charge in [-0.1, -0.05) is 25.0 Å². The number of nitrogens with one attached hydrogen (secondary N) is 1. The number of carbonyl (C=O) groups is 1. The van der Waals surface area contributed by atoms with Gasteiger partial charge >= 0.3 is 0 Å². The number of alkyl halides is 1. The van der Waals surface area contributed by atoms with Crippen molar-refractivity contribution in [1.29, 1.82) is 0 Å². The Hall–Kier alpha value is -1.22. The summed E-state index contributed by atoms with van der Waals surface area (Å²) in [5.41, 5.74) is 0.833. The number of phenolic OH excluding ortho intramolecular Hbond substituents is 1. The van der Waals surface area contributed by atoms with Crippen LogP contribution in [0.3, 0.4) is 0 Å². The molecule has 0 bridgehead atoms. The van der Waals surface area contributed by atoms with Gasteiger partial charge in [0.15, 0.2) is 0 Å². The molecule has 4 heteroatoms. The van der Waals surface area contributed by atoms with Crippen molar-refractivity contribution in [3.05, 3.63) is 29.8 Å². The number of halogens is 1. The van der Waals surface area contributed by atoms with E-state index >= 15 is 0 Å². The second-order valence-corrected chi connectivity index (χ2v) is 5.92. The van der Waals surface area contributed by atoms with Gasteiger partial charge < -0.3 is 10.4 Å². The van der Waals surface area contributed by atoms with Crippen molar-refractivity contribution in [2.24, 2.45) is 11.8 Å². The molecule has 1 amide bonds. The molecule has 0 radical (unpaired) electrons. The first-order valence-corrected chi connectivity index (χ1v) is 7.83. The molecular weight excluding hydrogens is 274 g/mol. The van der Waals surface area contributed by atoms with Crippen molar-refractivity contribution >= 4 is 17.5 Å². The molecule has 3 nitrogen and oxygen atoms in total. The molecule has 2 rings (SSSR count). The van der Waals surface area contributed by atoms with E-state index in [9.17, 15) is 9.90 Å². The molecule has 0 heterocycles. The van der Waals surface area contributed by atoms with Crippen molar-refractivity contribution in [3.63, 3.8) is 0 Å². The Morgan fingerprint density at radius 3 is 2.75 bits per heavy atom. The summed E-state index contributed by atoms with van der Waals surface area (Å²) in [6.45, 7) is 0.717. The van der Waals surface area contributed by atoms with Gasteiger partial charge in [-0.05, 0) is 42.4 Å². The minimum Gasteiger partial charge on any atom is -0.508 e. The van der Waals surface area contributed by atoms with Gasteiger partial charge in [-0.15, -0.1) is 11.6 Å². The van der Waals surface area contributed by atoms with Crippen LogP contribution in [0.1, 0.15) is 31.2 Å². The van der Waals surface area contributed by atoms with E-state index < -0.39 is 0 Å². The highest BCUT2D eigenvalue weighted by molar-refractivity contribution is 6.18. The molecule has 1 aromatic rings. The van der Waals surface area contributed by atoms with E-state index in [4.69, 9.17) is 11.6 Å². The van der Waals surface area contributed by atoms with Crippen LogP contribution in [-0.2, 0) is 11.2 Å². The van der Waals surface area contributed by atoms with Gasteiger partial charge in [0, 0.05) is 12.4 Å². The van der Waals surface area contributed by atoms with Gasteiger partial charge in [0.2, 0.25) is 5.91 Å². The minimum absolute atomic E-state index is 0.00879. The van der Waals surface area contributed by atoms with Crippen LogP contribution in [0.5, 0.6) is 5.75 Å². The second kappa shape index (κ2) is 7.53. The lowest BCUT2D eigenvalue weighted by molar-refractivity contribution is -0.120. The minimum atomic E-state index is 0.00879. The van der Waals surface area contributed by atoms with E-state index in [-0.39, 0.29) is 11.7 Å². The van der Waals surface area contributed by atoms with Gasteiger partial charge in [0.1, 0.15) is 5.75 Å². The Morgan fingerprint density at radius 1 is 1.30 bits per heavy atom. The molecule has 1 aliphatic carbocycles. The Bertz CT molecular complexity index is 450. The van der Waals surface area contributed by atoms with Crippen LogP contribution >= 0.6 is 11.6 Å². The molecule has 2 unspecified atom stereocenters. The van der Waals surface area contributed by atoms with Gasteiger partial charge in [0.05, 0.1) is 6.42 Å². The van der Waals surface area contributed by atoms with E-state index in [1.54, 1.807) is 18.2 Å². The van der Waals surface area contributed by atoms with Gasteiger partial charge in [-0.3, -0.25) is 4.79 Å². The van der Waals surface area contributed by atoms with Crippen molar-refractivity contribution in [2.45, 2.75) is 32.1 Å². The van der Waals surface area contributed by atoms with E-state index in [2.05, 4.69) is 5.32 Å². The predicted octanol–water partition coefficient (Wildman–Crippen LogP) is 3.10. The molecular formula is C16H22ClNO2. The second-order valence-electron chi connectivity index (χ2n) is 5.61. The molecule has 2 atom stereocenters. The van der Waals surface area contributed by atoms with Gasteiger partial charge in [-0.2, -0.15) is 0 Å². The molecule has 1 aliphatic rings. The number of hydrogen-bond donors (Lipinski definition) is 2. The number of phenols is 1. The standard InChI is InChI=1S/C16H22ClNO2/c17-10-13-5-1-2-6-14(13)11-18-16(20)9-12-4-3-7-15(19)8-12/h3-4,7-8,13-14,19H,1-2,5-6,9-11H2,(H,18,20). The highest BCUT2D eigenvalue weighted by Gasteiger charge is 2.24. The van der Waals surface area contributed by atoms with Gasteiger partial charge in [0.25, 0.3) is 0 Å². The monoisotopic (exact) mass is 295 g/mol.